The minimum atomic E-state index is -0.685. The molecule has 0 radical (unpaired) electrons. The van der Waals surface area contributed by atoms with Gasteiger partial charge in [-0.05, 0) is 29.8 Å². The Balaban J connectivity index is 1.61. The highest BCUT2D eigenvalue weighted by atomic mass is 16.5. The van der Waals surface area contributed by atoms with Crippen molar-refractivity contribution in [2.45, 2.75) is 6.54 Å². The smallest absolute Gasteiger partial charge is 0.313 e. The lowest BCUT2D eigenvalue weighted by atomic mass is 10.2. The van der Waals surface area contributed by atoms with Crippen molar-refractivity contribution in [2.75, 3.05) is 36.5 Å². The quantitative estimate of drug-likeness (QED) is 0.817. The Morgan fingerprint density at radius 1 is 1.04 bits per heavy atom. The first kappa shape index (κ1) is 16.9. The van der Waals surface area contributed by atoms with Crippen LogP contribution in [-0.4, -0.2) is 43.1 Å². The molecule has 0 spiro atoms. The van der Waals surface area contributed by atoms with E-state index < -0.39 is 11.8 Å². The number of carbonyl (C=O) groups excluding carboxylic acids is 2. The molecule has 0 bridgehead atoms. The molecule has 1 aliphatic heterocycles. The molecule has 7 nitrogen and oxygen atoms in total. The molecule has 2 N–H and O–H groups in total. The molecule has 1 fully saturated rings. The fraction of sp³-hybridized carbons (Fsp3) is 0.278. The monoisotopic (exact) mass is 340 g/mol. The summed E-state index contributed by atoms with van der Waals surface area (Å²) >= 11 is 0. The minimum Gasteiger partial charge on any atom is -0.378 e. The average Bonchev–Trinajstić information content (AvgIpc) is 2.68. The van der Waals surface area contributed by atoms with Gasteiger partial charge in [-0.3, -0.25) is 14.6 Å². The van der Waals surface area contributed by atoms with Crippen LogP contribution in [-0.2, 0) is 20.9 Å². The van der Waals surface area contributed by atoms with Crippen LogP contribution in [0, 0.1) is 0 Å². The van der Waals surface area contributed by atoms with E-state index in [1.54, 1.807) is 30.6 Å². The molecule has 2 aromatic rings. The average molecular weight is 340 g/mol. The van der Waals surface area contributed by atoms with Crippen LogP contribution in [0.25, 0.3) is 0 Å². The van der Waals surface area contributed by atoms with E-state index in [0.29, 0.717) is 18.9 Å². The number of nitrogens with one attached hydrogen (secondary N) is 2. The molecule has 1 aromatic carbocycles. The van der Waals surface area contributed by atoms with Crippen LogP contribution in [0.5, 0.6) is 0 Å². The Labute approximate surface area is 146 Å². The summed E-state index contributed by atoms with van der Waals surface area (Å²) in [5.41, 5.74) is 2.39. The minimum absolute atomic E-state index is 0.278. The number of aromatic nitrogens is 1. The van der Waals surface area contributed by atoms with Gasteiger partial charge in [0.25, 0.3) is 0 Å². The lowest BCUT2D eigenvalue weighted by molar-refractivity contribution is -0.136. The Morgan fingerprint density at radius 2 is 1.76 bits per heavy atom. The van der Waals surface area contributed by atoms with E-state index >= 15 is 0 Å². The summed E-state index contributed by atoms with van der Waals surface area (Å²) in [5.74, 6) is -1.36. The van der Waals surface area contributed by atoms with Crippen LogP contribution in [0.2, 0.25) is 0 Å². The Bertz CT molecular complexity index is 730. The Hall–Kier alpha value is -2.93. The predicted molar refractivity (Wildman–Crippen MR) is 94.2 cm³/mol. The van der Waals surface area contributed by atoms with Crippen molar-refractivity contribution in [3.63, 3.8) is 0 Å². The van der Waals surface area contributed by atoms with Crippen molar-refractivity contribution >= 4 is 23.2 Å². The molecule has 1 aromatic heterocycles. The molecule has 1 aliphatic rings. The van der Waals surface area contributed by atoms with E-state index in [0.717, 1.165) is 24.3 Å². The number of nitrogens with zero attached hydrogens (tertiary/aromatic N) is 2. The highest BCUT2D eigenvalue weighted by Gasteiger charge is 2.18. The van der Waals surface area contributed by atoms with Crippen LogP contribution < -0.4 is 15.5 Å². The Kier molecular flexibility index (Phi) is 5.58. The van der Waals surface area contributed by atoms with Crippen molar-refractivity contribution in [3.05, 3.63) is 54.4 Å². The molecule has 7 heteroatoms. The van der Waals surface area contributed by atoms with Gasteiger partial charge < -0.3 is 20.3 Å². The number of hydrogen-bond acceptors (Lipinski definition) is 5. The van der Waals surface area contributed by atoms with Gasteiger partial charge in [-0.1, -0.05) is 12.1 Å². The molecular formula is C18H20N4O3. The molecule has 0 unspecified atom stereocenters. The van der Waals surface area contributed by atoms with Crippen molar-refractivity contribution in [3.8, 4) is 0 Å². The highest BCUT2D eigenvalue weighted by Crippen LogP contribution is 2.26. The normalized spacial score (nSPS) is 14.0. The van der Waals surface area contributed by atoms with Crippen molar-refractivity contribution in [1.29, 1.82) is 0 Å². The third-order valence-corrected chi connectivity index (χ3v) is 3.91. The van der Waals surface area contributed by atoms with E-state index in [1.807, 2.05) is 18.2 Å². The van der Waals surface area contributed by atoms with Gasteiger partial charge in [-0.2, -0.15) is 0 Å². The van der Waals surface area contributed by atoms with Gasteiger partial charge in [0.05, 0.1) is 24.6 Å². The van der Waals surface area contributed by atoms with E-state index in [1.165, 1.54) is 0 Å². The Morgan fingerprint density at radius 3 is 2.52 bits per heavy atom. The number of carbonyl (C=O) groups is 2. The topological polar surface area (TPSA) is 83.6 Å². The van der Waals surface area contributed by atoms with Crippen LogP contribution in [0.1, 0.15) is 5.56 Å². The van der Waals surface area contributed by atoms with Crippen molar-refractivity contribution in [1.82, 2.24) is 10.3 Å². The van der Waals surface area contributed by atoms with Gasteiger partial charge in [0.1, 0.15) is 0 Å². The van der Waals surface area contributed by atoms with Crippen LogP contribution in [0.3, 0.4) is 0 Å². The van der Waals surface area contributed by atoms with Gasteiger partial charge in [-0.15, -0.1) is 0 Å². The van der Waals surface area contributed by atoms with E-state index in [-0.39, 0.29) is 6.54 Å². The summed E-state index contributed by atoms with van der Waals surface area (Å²) in [6.45, 7) is 3.07. The molecule has 1 saturated heterocycles. The number of pyridine rings is 1. The third-order valence-electron chi connectivity index (χ3n) is 3.91. The van der Waals surface area contributed by atoms with Crippen molar-refractivity contribution in [2.24, 2.45) is 0 Å². The fourth-order valence-electron chi connectivity index (χ4n) is 2.60. The van der Waals surface area contributed by atoms with E-state index in [4.69, 9.17) is 4.74 Å². The van der Waals surface area contributed by atoms with Crippen molar-refractivity contribution < 1.29 is 14.3 Å². The molecular weight excluding hydrogens is 320 g/mol. The molecule has 2 heterocycles. The van der Waals surface area contributed by atoms with E-state index in [2.05, 4.69) is 20.5 Å². The lowest BCUT2D eigenvalue weighted by Crippen LogP contribution is -2.38. The number of hydrogen-bond donors (Lipinski definition) is 2. The molecule has 0 saturated carbocycles. The van der Waals surface area contributed by atoms with E-state index in [9.17, 15) is 9.59 Å². The van der Waals surface area contributed by atoms with Crippen LogP contribution >= 0.6 is 0 Å². The second kappa shape index (κ2) is 8.25. The molecule has 0 atom stereocenters. The summed E-state index contributed by atoms with van der Waals surface area (Å²) in [5, 5.41) is 5.30. The number of anilines is 2. The highest BCUT2D eigenvalue weighted by molar-refractivity contribution is 6.39. The van der Waals surface area contributed by atoms with Crippen LogP contribution in [0.4, 0.5) is 11.4 Å². The zero-order valence-corrected chi connectivity index (χ0v) is 13.8. The zero-order valence-electron chi connectivity index (χ0n) is 13.8. The number of rotatable bonds is 4. The van der Waals surface area contributed by atoms with Gasteiger partial charge in [0.15, 0.2) is 0 Å². The summed E-state index contributed by atoms with van der Waals surface area (Å²) in [6, 6.07) is 11.0. The first-order valence-electron chi connectivity index (χ1n) is 8.14. The third kappa shape index (κ3) is 4.54. The molecule has 3 rings (SSSR count). The van der Waals surface area contributed by atoms with Crippen LogP contribution in [0.15, 0.2) is 48.8 Å². The number of benzene rings is 1. The van der Waals surface area contributed by atoms with Gasteiger partial charge in [0.2, 0.25) is 0 Å². The lowest BCUT2D eigenvalue weighted by Gasteiger charge is -2.30. The zero-order chi connectivity index (χ0) is 17.5. The largest absolute Gasteiger partial charge is 0.378 e. The maximum atomic E-state index is 12.2. The number of para-hydroxylation sites is 2. The first-order valence-corrected chi connectivity index (χ1v) is 8.14. The predicted octanol–water partition coefficient (Wildman–Crippen LogP) is 1.17. The molecule has 25 heavy (non-hydrogen) atoms. The van der Waals surface area contributed by atoms with Gasteiger partial charge >= 0.3 is 11.8 Å². The molecule has 130 valence electrons. The second-order valence-corrected chi connectivity index (χ2v) is 5.61. The maximum Gasteiger partial charge on any atom is 0.313 e. The maximum absolute atomic E-state index is 12.2. The first-order chi connectivity index (χ1) is 12.2. The fourth-order valence-corrected chi connectivity index (χ4v) is 2.60. The standard InChI is InChI=1S/C18H20N4O3/c23-17(20-13-14-5-7-19-8-6-14)18(24)21-15-3-1-2-4-16(15)22-9-11-25-12-10-22/h1-8H,9-13H2,(H,20,23)(H,21,24). The SMILES string of the molecule is O=C(NCc1ccncc1)C(=O)Nc1ccccc1N1CCOCC1. The van der Waals surface area contributed by atoms with Gasteiger partial charge in [0, 0.05) is 32.0 Å². The summed E-state index contributed by atoms with van der Waals surface area (Å²) in [6.07, 6.45) is 3.28. The number of amides is 2. The summed E-state index contributed by atoms with van der Waals surface area (Å²) < 4.78 is 5.36. The number of morpholine rings is 1. The molecule has 2 amide bonds. The molecule has 0 aliphatic carbocycles. The van der Waals surface area contributed by atoms with Gasteiger partial charge in [-0.25, -0.2) is 0 Å². The second-order valence-electron chi connectivity index (χ2n) is 5.61. The summed E-state index contributed by atoms with van der Waals surface area (Å²) in [7, 11) is 0. The number of ether oxygens (including phenoxy) is 1. The summed E-state index contributed by atoms with van der Waals surface area (Å²) in [4.78, 5) is 30.3.